The van der Waals surface area contributed by atoms with Gasteiger partial charge in [-0.25, -0.2) is 4.39 Å². The van der Waals surface area contributed by atoms with Gasteiger partial charge in [0.05, 0.1) is 5.69 Å². The van der Waals surface area contributed by atoms with Gasteiger partial charge in [0, 0.05) is 12.6 Å². The van der Waals surface area contributed by atoms with Crippen LogP contribution in [0.4, 0.5) is 17.6 Å². The molecule has 0 fully saturated rings. The Morgan fingerprint density at radius 3 is 2.57 bits per heavy atom. The number of hydrogen-bond acceptors (Lipinski definition) is 2. The quantitative estimate of drug-likeness (QED) is 0.752. The van der Waals surface area contributed by atoms with E-state index < -0.39 is 30.2 Å². The molecule has 0 saturated heterocycles. The third kappa shape index (κ3) is 2.66. The molecule has 1 rings (SSSR count). The maximum atomic E-state index is 12.8. The van der Waals surface area contributed by atoms with Crippen molar-refractivity contribution in [3.8, 4) is 0 Å². The molecular weight excluding hydrogens is 202 g/mol. The molecule has 6 heteroatoms. The smallest absolute Gasteiger partial charge is 0.383 e. The molecule has 0 radical (unpaired) electrons. The number of nitrogens with zero attached hydrogens (tertiary/aromatic N) is 1. The average molecular weight is 209 g/mol. The van der Waals surface area contributed by atoms with E-state index in [9.17, 15) is 17.6 Å². The predicted molar refractivity (Wildman–Crippen MR) is 40.0 cm³/mol. The van der Waals surface area contributed by atoms with Crippen LogP contribution in [0.1, 0.15) is 5.69 Å². The largest absolute Gasteiger partial charge is 0.414 e. The monoisotopic (exact) mass is 209 g/mol. The van der Waals surface area contributed by atoms with Crippen molar-refractivity contribution in [2.75, 3.05) is 0 Å². The molecule has 0 aromatic carbocycles. The van der Waals surface area contributed by atoms with Gasteiger partial charge in [0.1, 0.15) is 5.82 Å². The zero-order chi connectivity index (χ0) is 10.8. The third-order valence-corrected chi connectivity index (χ3v) is 1.60. The summed E-state index contributed by atoms with van der Waals surface area (Å²) in [7, 11) is 0. The second-order valence-electron chi connectivity index (χ2n) is 2.69. The van der Waals surface area contributed by atoms with E-state index in [1.807, 2.05) is 0 Å². The zero-order valence-corrected chi connectivity index (χ0v) is 6.92. The Kier molecular flexibility index (Phi) is 3.05. The fraction of sp³-hybridized carbons (Fsp3) is 0.375. The molecule has 2 nitrogen and oxygen atoms in total. The van der Waals surface area contributed by atoms with Crippen LogP contribution in [0.2, 0.25) is 0 Å². The maximum absolute atomic E-state index is 12.8. The molecule has 1 heterocycles. The van der Waals surface area contributed by atoms with Crippen LogP contribution in [0.25, 0.3) is 0 Å². The van der Waals surface area contributed by atoms with Gasteiger partial charge in [-0.3, -0.25) is 4.98 Å². The third-order valence-electron chi connectivity index (χ3n) is 1.60. The highest BCUT2D eigenvalue weighted by molar-refractivity contribution is 5.08. The fourth-order valence-corrected chi connectivity index (χ4v) is 0.867. The van der Waals surface area contributed by atoms with E-state index in [1.54, 1.807) is 0 Å². The van der Waals surface area contributed by atoms with Gasteiger partial charge in [0.25, 0.3) is 0 Å². The molecule has 14 heavy (non-hydrogen) atoms. The Morgan fingerprint density at radius 2 is 2.07 bits per heavy atom. The van der Waals surface area contributed by atoms with Crippen molar-refractivity contribution in [1.29, 1.82) is 0 Å². The van der Waals surface area contributed by atoms with Crippen LogP contribution in [-0.4, -0.2) is 22.4 Å². The highest BCUT2D eigenvalue weighted by Crippen LogP contribution is 2.22. The second-order valence-corrected chi connectivity index (χ2v) is 2.69. The minimum absolute atomic E-state index is 0.391. The molecule has 0 saturated carbocycles. The van der Waals surface area contributed by atoms with Crippen LogP contribution >= 0.6 is 0 Å². The summed E-state index contributed by atoms with van der Waals surface area (Å²) in [5.41, 5.74) is -0.391. The second kappa shape index (κ2) is 3.91. The summed E-state index contributed by atoms with van der Waals surface area (Å²) in [6.45, 7) is 0. The molecule has 0 aliphatic heterocycles. The molecule has 0 amide bonds. The molecular formula is C8H7F4NO. The minimum atomic E-state index is -4.75. The lowest BCUT2D eigenvalue weighted by Crippen LogP contribution is -2.31. The Labute approximate surface area is 77.2 Å². The van der Waals surface area contributed by atoms with Crippen molar-refractivity contribution in [2.24, 2.45) is 0 Å². The SMILES string of the molecule is OC(Cc1ncccc1F)C(F)(F)F. The number of aliphatic hydroxyl groups is 1. The number of aliphatic hydroxyl groups excluding tert-OH is 1. The van der Waals surface area contributed by atoms with Crippen molar-refractivity contribution in [1.82, 2.24) is 4.98 Å². The number of hydrogen-bond donors (Lipinski definition) is 1. The van der Waals surface area contributed by atoms with E-state index in [4.69, 9.17) is 5.11 Å². The summed E-state index contributed by atoms with van der Waals surface area (Å²) >= 11 is 0. The number of pyridine rings is 1. The van der Waals surface area contributed by atoms with Crippen molar-refractivity contribution in [2.45, 2.75) is 18.7 Å². The first-order valence-electron chi connectivity index (χ1n) is 3.75. The Hall–Kier alpha value is -1.17. The van der Waals surface area contributed by atoms with Crippen LogP contribution in [0.5, 0.6) is 0 Å². The van der Waals surface area contributed by atoms with E-state index in [2.05, 4.69) is 4.98 Å². The average Bonchev–Trinajstić information content (AvgIpc) is 2.07. The Morgan fingerprint density at radius 1 is 1.43 bits per heavy atom. The predicted octanol–water partition coefficient (Wildman–Crippen LogP) is 1.69. The summed E-state index contributed by atoms with van der Waals surface area (Å²) in [4.78, 5) is 3.40. The standard InChI is InChI=1S/C8H7F4NO/c9-5-2-1-3-13-6(5)4-7(14)8(10,11)12/h1-3,7,14H,4H2. The fourth-order valence-electron chi connectivity index (χ4n) is 0.867. The molecule has 0 aliphatic rings. The maximum Gasteiger partial charge on any atom is 0.414 e. The lowest BCUT2D eigenvalue weighted by Gasteiger charge is -2.13. The number of aromatic nitrogens is 1. The highest BCUT2D eigenvalue weighted by atomic mass is 19.4. The summed E-state index contributed by atoms with van der Waals surface area (Å²) in [6.07, 6.45) is -7.02. The number of alkyl halides is 3. The van der Waals surface area contributed by atoms with Gasteiger partial charge in [0.15, 0.2) is 6.10 Å². The summed E-state index contributed by atoms with van der Waals surface area (Å²) < 4.78 is 48.4. The van der Waals surface area contributed by atoms with Crippen LogP contribution < -0.4 is 0 Å². The van der Waals surface area contributed by atoms with Gasteiger partial charge in [-0.05, 0) is 12.1 Å². The van der Waals surface area contributed by atoms with E-state index in [-0.39, 0.29) is 0 Å². The van der Waals surface area contributed by atoms with Gasteiger partial charge < -0.3 is 5.11 Å². The highest BCUT2D eigenvalue weighted by Gasteiger charge is 2.38. The minimum Gasteiger partial charge on any atom is -0.383 e. The van der Waals surface area contributed by atoms with Crippen LogP contribution in [0, 0.1) is 5.82 Å². The van der Waals surface area contributed by atoms with Gasteiger partial charge in [-0.1, -0.05) is 0 Å². The first kappa shape index (κ1) is 10.9. The zero-order valence-electron chi connectivity index (χ0n) is 6.92. The van der Waals surface area contributed by atoms with Crippen LogP contribution in [-0.2, 0) is 6.42 Å². The van der Waals surface area contributed by atoms with Crippen molar-refractivity contribution in [3.63, 3.8) is 0 Å². The van der Waals surface area contributed by atoms with Gasteiger partial charge in [-0.2, -0.15) is 13.2 Å². The summed E-state index contributed by atoms with van der Waals surface area (Å²) in [5.74, 6) is -0.851. The topological polar surface area (TPSA) is 33.1 Å². The van der Waals surface area contributed by atoms with Gasteiger partial charge in [0.2, 0.25) is 0 Å². The van der Waals surface area contributed by atoms with E-state index in [1.165, 1.54) is 12.3 Å². The first-order valence-corrected chi connectivity index (χ1v) is 3.75. The molecule has 78 valence electrons. The van der Waals surface area contributed by atoms with Gasteiger partial charge >= 0.3 is 6.18 Å². The molecule has 0 bridgehead atoms. The van der Waals surface area contributed by atoms with Crippen LogP contribution in [0.3, 0.4) is 0 Å². The number of rotatable bonds is 2. The van der Waals surface area contributed by atoms with Gasteiger partial charge in [-0.15, -0.1) is 0 Å². The van der Waals surface area contributed by atoms with Crippen molar-refractivity contribution < 1.29 is 22.7 Å². The molecule has 0 spiro atoms. The van der Waals surface area contributed by atoms with Crippen molar-refractivity contribution >= 4 is 0 Å². The normalized spacial score (nSPS) is 14.1. The van der Waals surface area contributed by atoms with E-state index in [0.29, 0.717) is 0 Å². The first-order chi connectivity index (χ1) is 6.41. The van der Waals surface area contributed by atoms with Crippen molar-refractivity contribution in [3.05, 3.63) is 29.8 Å². The Balaban J connectivity index is 2.75. The number of halogens is 4. The molecule has 1 aromatic rings. The van der Waals surface area contributed by atoms with E-state index >= 15 is 0 Å². The molecule has 1 N–H and O–H groups in total. The Bertz CT molecular complexity index is 312. The molecule has 1 unspecified atom stereocenters. The summed E-state index contributed by atoms with van der Waals surface area (Å²) in [5, 5.41) is 8.63. The molecule has 1 aromatic heterocycles. The molecule has 1 atom stereocenters. The lowest BCUT2D eigenvalue weighted by atomic mass is 10.1. The van der Waals surface area contributed by atoms with Crippen LogP contribution in [0.15, 0.2) is 18.3 Å². The van der Waals surface area contributed by atoms with E-state index in [0.717, 1.165) is 6.07 Å². The molecule has 0 aliphatic carbocycles. The summed E-state index contributed by atoms with van der Waals surface area (Å²) in [6, 6.07) is 2.25. The lowest BCUT2D eigenvalue weighted by molar-refractivity contribution is -0.203.